The lowest BCUT2D eigenvalue weighted by Gasteiger charge is -2.12. The number of nitrogen functional groups attached to an aromatic ring is 1. The summed E-state index contributed by atoms with van der Waals surface area (Å²) < 4.78 is 7.52. The minimum Gasteiger partial charge on any atom is -0.454 e. The van der Waals surface area contributed by atoms with E-state index in [-0.39, 0.29) is 5.91 Å². The number of hydrogen-bond acceptors (Lipinski definition) is 3. The van der Waals surface area contributed by atoms with Crippen LogP contribution in [0.3, 0.4) is 0 Å². The van der Waals surface area contributed by atoms with E-state index >= 15 is 0 Å². The molecule has 0 aromatic heterocycles. The molecular formula is C15H14Br2N2O2. The number of nitrogens with two attached hydrogens (primary N) is 1. The molecule has 0 saturated carbocycles. The number of benzene rings is 2. The third-order valence-electron chi connectivity index (χ3n) is 2.73. The zero-order valence-corrected chi connectivity index (χ0v) is 14.5. The highest BCUT2D eigenvalue weighted by atomic mass is 79.9. The molecule has 0 aliphatic carbocycles. The van der Waals surface area contributed by atoms with Gasteiger partial charge in [0.05, 0.1) is 10.2 Å². The molecular weight excluding hydrogens is 400 g/mol. The third kappa shape index (κ3) is 3.98. The van der Waals surface area contributed by atoms with Crippen molar-refractivity contribution in [2.45, 2.75) is 6.92 Å². The highest BCUT2D eigenvalue weighted by Crippen LogP contribution is 2.34. The van der Waals surface area contributed by atoms with E-state index in [1.54, 1.807) is 18.2 Å². The molecule has 0 saturated heterocycles. The van der Waals surface area contributed by atoms with E-state index in [1.807, 2.05) is 25.1 Å². The second kappa shape index (κ2) is 6.95. The number of ether oxygens (including phenoxy) is 1. The van der Waals surface area contributed by atoms with Gasteiger partial charge >= 0.3 is 0 Å². The molecule has 0 heterocycles. The molecule has 0 fully saturated rings. The Morgan fingerprint density at radius 2 is 1.95 bits per heavy atom. The molecule has 1 amide bonds. The molecule has 2 rings (SSSR count). The molecule has 0 aliphatic rings. The van der Waals surface area contributed by atoms with Crippen LogP contribution in [0.2, 0.25) is 0 Å². The van der Waals surface area contributed by atoms with Gasteiger partial charge in [-0.25, -0.2) is 0 Å². The number of amides is 1. The SMILES string of the molecule is CCNC(=O)c1ccc(N)c(Oc2ccc(Br)cc2Br)c1. The van der Waals surface area contributed by atoms with Gasteiger partial charge in [0.2, 0.25) is 0 Å². The van der Waals surface area contributed by atoms with E-state index in [4.69, 9.17) is 10.5 Å². The Bertz CT molecular complexity index is 675. The zero-order valence-electron chi connectivity index (χ0n) is 11.3. The van der Waals surface area contributed by atoms with Crippen molar-refractivity contribution in [2.24, 2.45) is 0 Å². The molecule has 2 aromatic carbocycles. The minimum absolute atomic E-state index is 0.155. The summed E-state index contributed by atoms with van der Waals surface area (Å²) in [7, 11) is 0. The summed E-state index contributed by atoms with van der Waals surface area (Å²) in [6, 6.07) is 10.5. The quantitative estimate of drug-likeness (QED) is 0.733. The molecule has 0 atom stereocenters. The Hall–Kier alpha value is -1.53. The van der Waals surface area contributed by atoms with Crippen molar-refractivity contribution in [2.75, 3.05) is 12.3 Å². The topological polar surface area (TPSA) is 64.4 Å². The van der Waals surface area contributed by atoms with Crippen LogP contribution in [0.25, 0.3) is 0 Å². The normalized spacial score (nSPS) is 10.2. The molecule has 110 valence electrons. The third-order valence-corrected chi connectivity index (χ3v) is 3.84. The Morgan fingerprint density at radius 1 is 1.19 bits per heavy atom. The summed E-state index contributed by atoms with van der Waals surface area (Å²) in [4.78, 5) is 11.8. The van der Waals surface area contributed by atoms with Gasteiger partial charge < -0.3 is 15.8 Å². The number of anilines is 1. The summed E-state index contributed by atoms with van der Waals surface area (Å²) >= 11 is 6.81. The molecule has 2 aromatic rings. The maximum absolute atomic E-state index is 11.8. The Morgan fingerprint density at radius 3 is 2.62 bits per heavy atom. The van der Waals surface area contributed by atoms with E-state index in [1.165, 1.54) is 0 Å². The van der Waals surface area contributed by atoms with E-state index < -0.39 is 0 Å². The van der Waals surface area contributed by atoms with Crippen molar-refractivity contribution in [1.29, 1.82) is 0 Å². The van der Waals surface area contributed by atoms with Gasteiger partial charge in [-0.3, -0.25) is 4.79 Å². The van der Waals surface area contributed by atoms with Crippen molar-refractivity contribution in [1.82, 2.24) is 5.32 Å². The first-order valence-electron chi connectivity index (χ1n) is 6.32. The highest BCUT2D eigenvalue weighted by Gasteiger charge is 2.11. The van der Waals surface area contributed by atoms with E-state index in [0.29, 0.717) is 29.3 Å². The van der Waals surface area contributed by atoms with Gasteiger partial charge in [0, 0.05) is 16.6 Å². The maximum atomic E-state index is 11.8. The van der Waals surface area contributed by atoms with Crippen LogP contribution in [-0.4, -0.2) is 12.5 Å². The van der Waals surface area contributed by atoms with Gasteiger partial charge in [-0.2, -0.15) is 0 Å². The first-order chi connectivity index (χ1) is 10.0. The molecule has 0 spiro atoms. The van der Waals surface area contributed by atoms with Gasteiger partial charge in [0.25, 0.3) is 5.91 Å². The molecule has 21 heavy (non-hydrogen) atoms. The van der Waals surface area contributed by atoms with Crippen molar-refractivity contribution < 1.29 is 9.53 Å². The predicted octanol–water partition coefficient (Wildman–Crippen LogP) is 4.34. The second-order valence-electron chi connectivity index (χ2n) is 4.29. The van der Waals surface area contributed by atoms with Crippen molar-refractivity contribution in [3.63, 3.8) is 0 Å². The Labute approximate surface area is 139 Å². The summed E-state index contributed by atoms with van der Waals surface area (Å²) in [6.45, 7) is 2.43. The van der Waals surface area contributed by atoms with Gasteiger partial charge in [-0.05, 0) is 59.3 Å². The highest BCUT2D eigenvalue weighted by molar-refractivity contribution is 9.11. The standard InChI is InChI=1S/C15H14Br2N2O2/c1-2-19-15(20)9-3-5-12(18)14(7-9)21-13-6-4-10(16)8-11(13)17/h3-8H,2,18H2,1H3,(H,19,20). The fraction of sp³-hybridized carbons (Fsp3) is 0.133. The largest absolute Gasteiger partial charge is 0.454 e. The molecule has 0 unspecified atom stereocenters. The summed E-state index contributed by atoms with van der Waals surface area (Å²) in [5, 5.41) is 2.74. The van der Waals surface area contributed by atoms with Crippen LogP contribution in [0, 0.1) is 0 Å². The maximum Gasteiger partial charge on any atom is 0.251 e. The first-order valence-corrected chi connectivity index (χ1v) is 7.90. The number of halogens is 2. The number of nitrogens with one attached hydrogen (secondary N) is 1. The number of hydrogen-bond donors (Lipinski definition) is 2. The zero-order chi connectivity index (χ0) is 15.4. The fourth-order valence-corrected chi connectivity index (χ4v) is 2.83. The van der Waals surface area contributed by atoms with E-state index in [0.717, 1.165) is 8.95 Å². The average Bonchev–Trinajstić information content (AvgIpc) is 2.44. The van der Waals surface area contributed by atoms with Crippen LogP contribution in [0.15, 0.2) is 45.3 Å². The molecule has 4 nitrogen and oxygen atoms in total. The molecule has 0 bridgehead atoms. The first kappa shape index (κ1) is 15.9. The summed E-state index contributed by atoms with van der Waals surface area (Å²) in [6.07, 6.45) is 0. The Kier molecular flexibility index (Phi) is 5.25. The molecule has 6 heteroatoms. The van der Waals surface area contributed by atoms with Crippen LogP contribution in [0.1, 0.15) is 17.3 Å². The van der Waals surface area contributed by atoms with Crippen molar-refractivity contribution in [3.05, 3.63) is 50.9 Å². The van der Waals surface area contributed by atoms with Gasteiger partial charge in [0.15, 0.2) is 5.75 Å². The monoisotopic (exact) mass is 412 g/mol. The minimum atomic E-state index is -0.155. The molecule has 3 N–H and O–H groups in total. The molecule has 0 radical (unpaired) electrons. The van der Waals surface area contributed by atoms with Crippen LogP contribution >= 0.6 is 31.9 Å². The average molecular weight is 414 g/mol. The number of carbonyl (C=O) groups excluding carboxylic acids is 1. The molecule has 0 aliphatic heterocycles. The van der Waals surface area contributed by atoms with Crippen molar-refractivity contribution >= 4 is 43.5 Å². The predicted molar refractivity (Wildman–Crippen MR) is 90.8 cm³/mol. The number of rotatable bonds is 4. The lowest BCUT2D eigenvalue weighted by molar-refractivity contribution is 0.0955. The van der Waals surface area contributed by atoms with E-state index in [2.05, 4.69) is 37.2 Å². The van der Waals surface area contributed by atoms with Crippen LogP contribution in [0.4, 0.5) is 5.69 Å². The summed E-state index contributed by atoms with van der Waals surface area (Å²) in [5.74, 6) is 0.914. The van der Waals surface area contributed by atoms with Crippen LogP contribution in [0.5, 0.6) is 11.5 Å². The van der Waals surface area contributed by atoms with Crippen molar-refractivity contribution in [3.8, 4) is 11.5 Å². The smallest absolute Gasteiger partial charge is 0.251 e. The fourth-order valence-electron chi connectivity index (χ4n) is 1.70. The number of carbonyl (C=O) groups is 1. The van der Waals surface area contributed by atoms with Gasteiger partial charge in [-0.15, -0.1) is 0 Å². The summed E-state index contributed by atoms with van der Waals surface area (Å²) in [5.41, 5.74) is 6.89. The Balaban J connectivity index is 2.30. The lowest BCUT2D eigenvalue weighted by atomic mass is 10.1. The van der Waals surface area contributed by atoms with E-state index in [9.17, 15) is 4.79 Å². The lowest BCUT2D eigenvalue weighted by Crippen LogP contribution is -2.22. The van der Waals surface area contributed by atoms with Crippen LogP contribution in [-0.2, 0) is 0 Å². The second-order valence-corrected chi connectivity index (χ2v) is 6.06. The van der Waals surface area contributed by atoms with Gasteiger partial charge in [-0.1, -0.05) is 15.9 Å². The van der Waals surface area contributed by atoms with Crippen LogP contribution < -0.4 is 15.8 Å². The van der Waals surface area contributed by atoms with Gasteiger partial charge in [0.1, 0.15) is 5.75 Å².